The second kappa shape index (κ2) is 7.03. The Hall–Kier alpha value is -2.50. The number of anilines is 1. The van der Waals surface area contributed by atoms with Crippen molar-refractivity contribution in [2.75, 3.05) is 11.4 Å². The Bertz CT molecular complexity index is 1060. The van der Waals surface area contributed by atoms with Crippen LogP contribution < -0.4 is 4.90 Å². The van der Waals surface area contributed by atoms with Crippen LogP contribution in [0.15, 0.2) is 42.5 Å². The van der Waals surface area contributed by atoms with Crippen LogP contribution in [0.2, 0.25) is 5.02 Å². The third-order valence-corrected chi connectivity index (χ3v) is 7.25. The number of fused-ring (bicyclic) bond motifs is 3. The van der Waals surface area contributed by atoms with Gasteiger partial charge in [-0.15, -0.1) is 0 Å². The molecule has 0 radical (unpaired) electrons. The van der Waals surface area contributed by atoms with E-state index < -0.39 is 17.9 Å². The lowest BCUT2D eigenvalue weighted by atomic mass is 9.85. The van der Waals surface area contributed by atoms with Crippen molar-refractivity contribution in [1.82, 2.24) is 4.90 Å². The molecule has 5 nitrogen and oxygen atoms in total. The fourth-order valence-corrected chi connectivity index (χ4v) is 5.55. The molecule has 3 heterocycles. The summed E-state index contributed by atoms with van der Waals surface area (Å²) in [7, 11) is 0. The predicted molar refractivity (Wildman–Crippen MR) is 115 cm³/mol. The highest BCUT2D eigenvalue weighted by molar-refractivity contribution is 6.30. The first-order valence-electron chi connectivity index (χ1n) is 10.4. The van der Waals surface area contributed by atoms with E-state index >= 15 is 0 Å². The van der Waals surface area contributed by atoms with Gasteiger partial charge in [-0.2, -0.15) is 0 Å². The number of imide groups is 1. The second-order valence-corrected chi connectivity index (χ2v) is 9.03. The maximum absolute atomic E-state index is 13.5. The highest BCUT2D eigenvalue weighted by Crippen LogP contribution is 2.48. The number of benzene rings is 2. The molecule has 0 unspecified atom stereocenters. The van der Waals surface area contributed by atoms with Crippen molar-refractivity contribution >= 4 is 34.9 Å². The number of rotatable bonds is 3. The molecule has 0 aromatic heterocycles. The third kappa shape index (κ3) is 2.76. The van der Waals surface area contributed by atoms with Crippen molar-refractivity contribution in [1.29, 1.82) is 0 Å². The quantitative estimate of drug-likeness (QED) is 0.557. The molecule has 30 heavy (non-hydrogen) atoms. The van der Waals surface area contributed by atoms with Gasteiger partial charge in [0, 0.05) is 16.6 Å². The summed E-state index contributed by atoms with van der Waals surface area (Å²) >= 11 is 5.98. The summed E-state index contributed by atoms with van der Waals surface area (Å²) in [5, 5.41) is 0.558. The van der Waals surface area contributed by atoms with Gasteiger partial charge in [-0.1, -0.05) is 17.7 Å². The van der Waals surface area contributed by atoms with Gasteiger partial charge >= 0.3 is 0 Å². The molecule has 0 aliphatic carbocycles. The summed E-state index contributed by atoms with van der Waals surface area (Å²) in [6.45, 7) is 4.71. The Kier molecular flexibility index (Phi) is 4.56. The Morgan fingerprint density at radius 2 is 1.67 bits per heavy atom. The SMILES string of the molecule is Cc1ccc(N2C(=O)[C@@H]3[C@H](C2=O)[C@@H]2CCCN2[C@@H]3C(=O)c2ccc(Cl)cc2)cc1C. The van der Waals surface area contributed by atoms with Crippen LogP contribution in [0.25, 0.3) is 0 Å². The van der Waals surface area contributed by atoms with E-state index in [1.165, 1.54) is 4.90 Å². The van der Waals surface area contributed by atoms with Crippen molar-refractivity contribution in [2.45, 2.75) is 38.8 Å². The summed E-state index contributed by atoms with van der Waals surface area (Å²) in [6.07, 6.45) is 1.77. The highest BCUT2D eigenvalue weighted by atomic mass is 35.5. The number of nitrogens with zero attached hydrogens (tertiary/aromatic N) is 2. The second-order valence-electron chi connectivity index (χ2n) is 8.60. The Morgan fingerprint density at radius 1 is 0.967 bits per heavy atom. The number of hydrogen-bond acceptors (Lipinski definition) is 4. The molecule has 154 valence electrons. The first kappa shape index (κ1) is 19.5. The zero-order chi connectivity index (χ0) is 21.2. The molecule has 4 atom stereocenters. The highest BCUT2D eigenvalue weighted by Gasteiger charge is 2.64. The van der Waals surface area contributed by atoms with Crippen LogP contribution in [-0.4, -0.2) is 41.1 Å². The summed E-state index contributed by atoms with van der Waals surface area (Å²) in [5.74, 6) is -1.61. The number of aryl methyl sites for hydroxylation is 2. The van der Waals surface area contributed by atoms with Crippen molar-refractivity contribution < 1.29 is 14.4 Å². The lowest BCUT2D eigenvalue weighted by molar-refractivity contribution is -0.123. The standard InChI is InChI=1S/C24H23ClN2O3/c1-13-5-10-17(12-14(13)2)27-23(29)19-18-4-3-11-26(18)21(20(19)24(27)30)22(28)15-6-8-16(25)9-7-15/h5-10,12,18-21H,3-4,11H2,1-2H3/t18-,19+,20+,21-/m0/s1. The number of amides is 2. The normalized spacial score (nSPS) is 28.2. The molecule has 2 aromatic carbocycles. The largest absolute Gasteiger partial charge is 0.292 e. The van der Waals surface area contributed by atoms with Crippen LogP contribution >= 0.6 is 11.6 Å². The van der Waals surface area contributed by atoms with E-state index in [9.17, 15) is 14.4 Å². The average Bonchev–Trinajstić information content (AvgIpc) is 3.36. The van der Waals surface area contributed by atoms with Crippen LogP contribution in [0.4, 0.5) is 5.69 Å². The molecule has 2 amide bonds. The van der Waals surface area contributed by atoms with Gasteiger partial charge in [-0.05, 0) is 80.8 Å². The van der Waals surface area contributed by atoms with E-state index in [1.54, 1.807) is 24.3 Å². The number of Topliss-reactive ketones (excluding diaryl/α,β-unsaturated/α-hetero) is 1. The van der Waals surface area contributed by atoms with Crippen LogP contribution in [0.1, 0.15) is 34.3 Å². The number of carbonyl (C=O) groups excluding carboxylic acids is 3. The van der Waals surface area contributed by atoms with Gasteiger partial charge in [0.05, 0.1) is 23.6 Å². The average molecular weight is 423 g/mol. The Labute approximate surface area is 180 Å². The number of hydrogen-bond donors (Lipinski definition) is 0. The summed E-state index contributed by atoms with van der Waals surface area (Å²) in [6, 6.07) is 11.8. The third-order valence-electron chi connectivity index (χ3n) is 7.00. The van der Waals surface area contributed by atoms with Crippen molar-refractivity contribution in [3.63, 3.8) is 0 Å². The smallest absolute Gasteiger partial charge is 0.239 e. The Balaban J connectivity index is 1.55. The molecule has 3 saturated heterocycles. The number of carbonyl (C=O) groups is 3. The topological polar surface area (TPSA) is 57.7 Å². The van der Waals surface area contributed by atoms with E-state index in [4.69, 9.17) is 11.6 Å². The summed E-state index contributed by atoms with van der Waals surface area (Å²) < 4.78 is 0. The van der Waals surface area contributed by atoms with E-state index in [0.717, 1.165) is 30.5 Å². The molecule has 5 rings (SSSR count). The summed E-state index contributed by atoms with van der Waals surface area (Å²) in [5.41, 5.74) is 3.27. The minimum Gasteiger partial charge on any atom is -0.292 e. The van der Waals surface area contributed by atoms with Gasteiger partial charge in [0.15, 0.2) is 5.78 Å². The number of halogens is 1. The van der Waals surface area contributed by atoms with Crippen molar-refractivity contribution in [3.8, 4) is 0 Å². The maximum Gasteiger partial charge on any atom is 0.239 e. The maximum atomic E-state index is 13.5. The van der Waals surface area contributed by atoms with Gasteiger partial charge < -0.3 is 0 Å². The molecule has 0 bridgehead atoms. The van der Waals surface area contributed by atoms with Crippen LogP contribution in [0.3, 0.4) is 0 Å². The predicted octanol–water partition coefficient (Wildman–Crippen LogP) is 3.79. The molecule has 3 aliphatic heterocycles. The van der Waals surface area contributed by atoms with Gasteiger partial charge in [0.1, 0.15) is 0 Å². The molecule has 2 aromatic rings. The molecule has 0 saturated carbocycles. The van der Waals surface area contributed by atoms with Crippen molar-refractivity contribution in [3.05, 3.63) is 64.2 Å². The molecular weight excluding hydrogens is 400 g/mol. The summed E-state index contributed by atoms with van der Waals surface area (Å²) in [4.78, 5) is 43.9. The van der Waals surface area contributed by atoms with E-state index in [0.29, 0.717) is 16.3 Å². The fraction of sp³-hybridized carbons (Fsp3) is 0.375. The monoisotopic (exact) mass is 422 g/mol. The van der Waals surface area contributed by atoms with E-state index in [-0.39, 0.29) is 23.6 Å². The van der Waals surface area contributed by atoms with Gasteiger partial charge in [0.25, 0.3) is 0 Å². The molecule has 0 N–H and O–H groups in total. The minimum absolute atomic E-state index is 0.0516. The molecule has 6 heteroatoms. The van der Waals surface area contributed by atoms with Crippen LogP contribution in [0, 0.1) is 25.7 Å². The van der Waals surface area contributed by atoms with Crippen molar-refractivity contribution in [2.24, 2.45) is 11.8 Å². The lowest BCUT2D eigenvalue weighted by Crippen LogP contribution is -2.46. The first-order chi connectivity index (χ1) is 14.4. The van der Waals surface area contributed by atoms with Crippen LogP contribution in [-0.2, 0) is 9.59 Å². The minimum atomic E-state index is -0.632. The van der Waals surface area contributed by atoms with Crippen LogP contribution in [0.5, 0.6) is 0 Å². The molecule has 3 aliphatic rings. The van der Waals surface area contributed by atoms with Gasteiger partial charge in [-0.3, -0.25) is 19.3 Å². The zero-order valence-corrected chi connectivity index (χ0v) is 17.7. The first-order valence-corrected chi connectivity index (χ1v) is 10.8. The van der Waals surface area contributed by atoms with E-state index in [1.807, 2.05) is 32.0 Å². The molecular formula is C24H23ClN2O3. The van der Waals surface area contributed by atoms with Gasteiger partial charge in [-0.25, -0.2) is 4.90 Å². The number of ketones is 1. The molecule has 3 fully saturated rings. The molecule has 0 spiro atoms. The zero-order valence-electron chi connectivity index (χ0n) is 17.0. The lowest BCUT2D eigenvalue weighted by Gasteiger charge is -2.27. The van der Waals surface area contributed by atoms with E-state index in [2.05, 4.69) is 4.90 Å². The van der Waals surface area contributed by atoms with Gasteiger partial charge in [0.2, 0.25) is 11.8 Å². The fourth-order valence-electron chi connectivity index (χ4n) is 5.42. The Morgan fingerprint density at radius 3 is 2.37 bits per heavy atom.